The minimum Gasteiger partial charge on any atom is -0.384 e. The van der Waals surface area contributed by atoms with Crippen molar-refractivity contribution in [2.24, 2.45) is 0 Å². The van der Waals surface area contributed by atoms with Crippen molar-refractivity contribution in [3.05, 3.63) is 29.3 Å². The molecule has 3 rings (SSSR count). The fourth-order valence-electron chi connectivity index (χ4n) is 3.18. The van der Waals surface area contributed by atoms with Crippen LogP contribution in [0.5, 0.6) is 0 Å². The van der Waals surface area contributed by atoms with E-state index in [1.807, 2.05) is 23.1 Å². The van der Waals surface area contributed by atoms with Crippen molar-refractivity contribution in [1.29, 1.82) is 0 Å². The molecule has 0 spiro atoms. The van der Waals surface area contributed by atoms with Crippen molar-refractivity contribution in [2.75, 3.05) is 25.0 Å². The van der Waals surface area contributed by atoms with E-state index in [2.05, 4.69) is 10.6 Å². The molecule has 126 valence electrons. The molecule has 5 nitrogen and oxygen atoms in total. The zero-order chi connectivity index (χ0) is 15.5. The highest BCUT2D eigenvalue weighted by Gasteiger charge is 2.24. The molecule has 0 aliphatic carbocycles. The number of halogens is 1. The summed E-state index contributed by atoms with van der Waals surface area (Å²) in [5, 5.41) is 6.11. The lowest BCUT2D eigenvalue weighted by atomic mass is 10.1. The second-order valence-electron chi connectivity index (χ2n) is 6.13. The van der Waals surface area contributed by atoms with E-state index < -0.39 is 6.04 Å². The van der Waals surface area contributed by atoms with Gasteiger partial charge in [0.15, 0.2) is 0 Å². The number of carbonyl (C=O) groups excluding carboxylic acids is 2. The van der Waals surface area contributed by atoms with Crippen LogP contribution in [0.15, 0.2) is 18.2 Å². The van der Waals surface area contributed by atoms with Gasteiger partial charge in [0.1, 0.15) is 6.04 Å². The van der Waals surface area contributed by atoms with Crippen molar-refractivity contribution >= 4 is 29.9 Å². The lowest BCUT2D eigenvalue weighted by Gasteiger charge is -2.29. The molecule has 1 atom stereocenters. The number of hydrogen-bond acceptors (Lipinski definition) is 3. The molecule has 0 radical (unpaired) electrons. The van der Waals surface area contributed by atoms with Gasteiger partial charge in [0.05, 0.1) is 0 Å². The first-order chi connectivity index (χ1) is 10.6. The molecule has 2 N–H and O–H groups in total. The summed E-state index contributed by atoms with van der Waals surface area (Å²) in [6, 6.07) is 5.19. The van der Waals surface area contributed by atoms with Gasteiger partial charge in [0.25, 0.3) is 5.91 Å². The Balaban J connectivity index is 0.00000192. The number of nitrogens with one attached hydrogen (secondary N) is 2. The first kappa shape index (κ1) is 17.6. The van der Waals surface area contributed by atoms with Crippen LogP contribution in [-0.4, -0.2) is 42.4 Å². The first-order valence-electron chi connectivity index (χ1n) is 8.11. The van der Waals surface area contributed by atoms with E-state index in [0.29, 0.717) is 5.56 Å². The maximum absolute atomic E-state index is 12.4. The average molecular weight is 338 g/mol. The van der Waals surface area contributed by atoms with Gasteiger partial charge in [-0.2, -0.15) is 0 Å². The maximum Gasteiger partial charge on any atom is 0.251 e. The van der Waals surface area contributed by atoms with Crippen molar-refractivity contribution in [1.82, 2.24) is 10.2 Å². The van der Waals surface area contributed by atoms with Crippen LogP contribution in [0, 0.1) is 0 Å². The minimum atomic E-state index is -0.475. The van der Waals surface area contributed by atoms with Crippen LogP contribution in [0.25, 0.3) is 0 Å². The van der Waals surface area contributed by atoms with E-state index in [1.54, 1.807) is 6.92 Å². The Labute approximate surface area is 143 Å². The standard InChI is InChI=1S/C17H23N3O2.ClH/c1-12(17(22)20-9-3-2-4-10-20)19-16(21)14-5-6-15-13(11-14)7-8-18-15;/h5-6,11-12,18H,2-4,7-10H2,1H3,(H,19,21);1H. The molecule has 1 fully saturated rings. The van der Waals surface area contributed by atoms with Crippen LogP contribution in [0.4, 0.5) is 5.69 Å². The number of benzene rings is 1. The van der Waals surface area contributed by atoms with Crippen molar-refractivity contribution in [3.63, 3.8) is 0 Å². The molecule has 2 amide bonds. The molecule has 1 unspecified atom stereocenters. The van der Waals surface area contributed by atoms with Crippen LogP contribution in [-0.2, 0) is 11.2 Å². The van der Waals surface area contributed by atoms with Crippen LogP contribution < -0.4 is 10.6 Å². The summed E-state index contributed by atoms with van der Waals surface area (Å²) in [6.07, 6.45) is 4.25. The molecule has 2 aliphatic heterocycles. The molecule has 0 aromatic heterocycles. The van der Waals surface area contributed by atoms with E-state index in [4.69, 9.17) is 0 Å². The van der Waals surface area contributed by atoms with Crippen molar-refractivity contribution in [2.45, 2.75) is 38.6 Å². The van der Waals surface area contributed by atoms with Gasteiger partial charge >= 0.3 is 0 Å². The Morgan fingerprint density at radius 1 is 1.22 bits per heavy atom. The average Bonchev–Trinajstić information content (AvgIpc) is 3.02. The highest BCUT2D eigenvalue weighted by molar-refractivity contribution is 5.98. The molecule has 1 saturated heterocycles. The zero-order valence-electron chi connectivity index (χ0n) is 13.4. The Hall–Kier alpha value is -1.75. The van der Waals surface area contributed by atoms with Gasteiger partial charge in [-0.15, -0.1) is 12.4 Å². The van der Waals surface area contributed by atoms with E-state index in [9.17, 15) is 9.59 Å². The highest BCUT2D eigenvalue weighted by atomic mass is 35.5. The maximum atomic E-state index is 12.4. The van der Waals surface area contributed by atoms with Gasteiger partial charge in [-0.3, -0.25) is 9.59 Å². The van der Waals surface area contributed by atoms with Crippen LogP contribution in [0.2, 0.25) is 0 Å². The molecule has 6 heteroatoms. The van der Waals surface area contributed by atoms with Gasteiger partial charge < -0.3 is 15.5 Å². The van der Waals surface area contributed by atoms with Crippen LogP contribution in [0.3, 0.4) is 0 Å². The number of carbonyl (C=O) groups is 2. The third-order valence-corrected chi connectivity index (χ3v) is 4.46. The largest absolute Gasteiger partial charge is 0.384 e. The number of nitrogens with zero attached hydrogens (tertiary/aromatic N) is 1. The summed E-state index contributed by atoms with van der Waals surface area (Å²) in [6.45, 7) is 4.31. The molecule has 0 saturated carbocycles. The lowest BCUT2D eigenvalue weighted by molar-refractivity contribution is -0.133. The Morgan fingerprint density at radius 3 is 2.70 bits per heavy atom. The second kappa shape index (κ2) is 7.68. The summed E-state index contributed by atoms with van der Waals surface area (Å²) in [4.78, 5) is 26.6. The Kier molecular flexibility index (Phi) is 5.88. The van der Waals surface area contributed by atoms with Crippen LogP contribution in [0.1, 0.15) is 42.1 Å². The number of rotatable bonds is 3. The quantitative estimate of drug-likeness (QED) is 0.889. The third-order valence-electron chi connectivity index (χ3n) is 4.46. The number of anilines is 1. The number of likely N-dealkylation sites (tertiary alicyclic amines) is 1. The molecule has 2 aliphatic rings. The summed E-state index contributed by atoms with van der Waals surface area (Å²) in [7, 11) is 0. The smallest absolute Gasteiger partial charge is 0.251 e. The number of hydrogen-bond donors (Lipinski definition) is 2. The molecule has 0 bridgehead atoms. The SMILES string of the molecule is CC(NC(=O)c1ccc2c(c1)CCN2)C(=O)N1CCCCC1.Cl. The lowest BCUT2D eigenvalue weighted by Crippen LogP contribution is -2.48. The van der Waals surface area contributed by atoms with E-state index in [1.165, 1.54) is 12.0 Å². The number of piperidine rings is 1. The normalized spacial score (nSPS) is 17.5. The molecular formula is C17H24ClN3O2. The molecular weight excluding hydrogens is 314 g/mol. The van der Waals surface area contributed by atoms with E-state index in [-0.39, 0.29) is 24.2 Å². The topological polar surface area (TPSA) is 61.4 Å². The van der Waals surface area contributed by atoms with Gasteiger partial charge in [0.2, 0.25) is 5.91 Å². The highest BCUT2D eigenvalue weighted by Crippen LogP contribution is 2.23. The molecule has 1 aromatic carbocycles. The van der Waals surface area contributed by atoms with Gasteiger partial charge in [-0.05, 0) is 56.4 Å². The predicted octanol–water partition coefficient (Wildman–Crippen LogP) is 2.21. The molecule has 2 heterocycles. The summed E-state index contributed by atoms with van der Waals surface area (Å²) in [5.74, 6) is -0.150. The monoisotopic (exact) mass is 337 g/mol. The van der Waals surface area contributed by atoms with E-state index >= 15 is 0 Å². The van der Waals surface area contributed by atoms with Gasteiger partial charge in [-0.1, -0.05) is 0 Å². The Morgan fingerprint density at radius 2 is 1.96 bits per heavy atom. The Bertz CT molecular complexity index is 585. The van der Waals surface area contributed by atoms with Crippen molar-refractivity contribution < 1.29 is 9.59 Å². The third kappa shape index (κ3) is 3.96. The van der Waals surface area contributed by atoms with Crippen molar-refractivity contribution in [3.8, 4) is 0 Å². The number of amides is 2. The zero-order valence-corrected chi connectivity index (χ0v) is 14.2. The van der Waals surface area contributed by atoms with Crippen LogP contribution >= 0.6 is 12.4 Å². The summed E-state index contributed by atoms with van der Waals surface area (Å²) < 4.78 is 0. The predicted molar refractivity (Wildman–Crippen MR) is 93.2 cm³/mol. The fraction of sp³-hybridized carbons (Fsp3) is 0.529. The number of fused-ring (bicyclic) bond motifs is 1. The summed E-state index contributed by atoms with van der Waals surface area (Å²) in [5.41, 5.74) is 2.90. The van der Waals surface area contributed by atoms with Gasteiger partial charge in [0, 0.05) is 30.9 Å². The second-order valence-corrected chi connectivity index (χ2v) is 6.13. The summed E-state index contributed by atoms with van der Waals surface area (Å²) >= 11 is 0. The van der Waals surface area contributed by atoms with Gasteiger partial charge in [-0.25, -0.2) is 0 Å². The first-order valence-corrected chi connectivity index (χ1v) is 8.11. The fourth-order valence-corrected chi connectivity index (χ4v) is 3.18. The molecule has 1 aromatic rings. The minimum absolute atomic E-state index is 0. The molecule has 23 heavy (non-hydrogen) atoms. The van der Waals surface area contributed by atoms with E-state index in [0.717, 1.165) is 44.6 Å².